The Morgan fingerprint density at radius 1 is 1.25 bits per heavy atom. The maximum atomic E-state index is 11.1. The first-order valence-corrected chi connectivity index (χ1v) is 9.55. The summed E-state index contributed by atoms with van der Waals surface area (Å²) in [5.41, 5.74) is 2.43. The van der Waals surface area contributed by atoms with Gasteiger partial charge in [-0.1, -0.05) is 0 Å². The number of hydrogen-bond donors (Lipinski definition) is 1. The SMILES string of the molecule is CCN(CC)c1ccc([AsH2])c(CCNS(C)(=O)=O)c1.Cl. The van der Waals surface area contributed by atoms with Gasteiger partial charge in [0, 0.05) is 0 Å². The third-order valence-electron chi connectivity index (χ3n) is 3.01. The Kier molecular flexibility index (Phi) is 8.83. The van der Waals surface area contributed by atoms with E-state index in [0.29, 0.717) is 6.54 Å². The van der Waals surface area contributed by atoms with Crippen molar-refractivity contribution in [3.8, 4) is 0 Å². The number of hydrogen-bond acceptors (Lipinski definition) is 3. The van der Waals surface area contributed by atoms with Crippen LogP contribution >= 0.6 is 12.4 Å². The van der Waals surface area contributed by atoms with Gasteiger partial charge in [-0.3, -0.25) is 0 Å². The van der Waals surface area contributed by atoms with E-state index in [-0.39, 0.29) is 12.4 Å². The molecule has 0 heterocycles. The van der Waals surface area contributed by atoms with E-state index in [1.807, 2.05) is 0 Å². The van der Waals surface area contributed by atoms with E-state index in [2.05, 4.69) is 41.7 Å². The third kappa shape index (κ3) is 6.49. The number of benzene rings is 1. The fraction of sp³-hybridized carbons (Fsp3) is 0.538. The number of nitrogens with one attached hydrogen (secondary N) is 1. The summed E-state index contributed by atoms with van der Waals surface area (Å²) < 4.78 is 25.9. The smallest absolute Gasteiger partial charge is 0.147 e. The van der Waals surface area contributed by atoms with E-state index in [1.165, 1.54) is 21.9 Å². The number of halogens is 1. The number of nitrogens with zero attached hydrogens (tertiary/aromatic N) is 1. The molecule has 1 aromatic carbocycles. The van der Waals surface area contributed by atoms with Crippen LogP contribution in [0.15, 0.2) is 18.2 Å². The Morgan fingerprint density at radius 3 is 2.35 bits per heavy atom. The molecular weight excluding hydrogens is 359 g/mol. The summed E-state index contributed by atoms with van der Waals surface area (Å²) >= 11 is 1.57. The minimum atomic E-state index is -3.10. The second-order valence-electron chi connectivity index (χ2n) is 4.47. The van der Waals surface area contributed by atoms with E-state index in [0.717, 1.165) is 19.5 Å². The van der Waals surface area contributed by atoms with Gasteiger partial charge in [0.05, 0.1) is 0 Å². The zero-order valence-corrected chi connectivity index (χ0v) is 16.3. The van der Waals surface area contributed by atoms with Crippen molar-refractivity contribution in [3.63, 3.8) is 0 Å². The van der Waals surface area contributed by atoms with E-state index >= 15 is 0 Å². The topological polar surface area (TPSA) is 49.4 Å². The normalized spacial score (nSPS) is 11.0. The van der Waals surface area contributed by atoms with Crippen molar-refractivity contribution in [1.29, 1.82) is 0 Å². The second kappa shape index (κ2) is 8.93. The molecule has 0 saturated heterocycles. The monoisotopic (exact) mass is 382 g/mol. The quantitative estimate of drug-likeness (QED) is 0.690. The molecule has 4 nitrogen and oxygen atoms in total. The first-order valence-electron chi connectivity index (χ1n) is 6.45. The first kappa shape index (κ1) is 19.8. The van der Waals surface area contributed by atoms with Gasteiger partial charge < -0.3 is 0 Å². The Morgan fingerprint density at radius 2 is 1.85 bits per heavy atom. The molecule has 0 aliphatic carbocycles. The molecule has 116 valence electrons. The van der Waals surface area contributed by atoms with Gasteiger partial charge in [0.25, 0.3) is 0 Å². The van der Waals surface area contributed by atoms with Crippen molar-refractivity contribution in [2.45, 2.75) is 20.3 Å². The summed E-state index contributed by atoms with van der Waals surface area (Å²) in [6.45, 7) is 6.69. The minimum absolute atomic E-state index is 0. The van der Waals surface area contributed by atoms with Crippen LogP contribution in [-0.2, 0) is 16.4 Å². The largest absolute Gasteiger partial charge is 0.147 e. The van der Waals surface area contributed by atoms with Gasteiger partial charge in [0.1, 0.15) is 0 Å². The standard InChI is InChI=1S/C13H23AsN2O2S.ClH/c1-4-16(5-2)12-6-7-13(14)11(10-12)8-9-15-19(3,17)18;/h6-7,10,15H,4-5,8-9,14H2,1-3H3;1H. The van der Waals surface area contributed by atoms with Crippen molar-refractivity contribution in [1.82, 2.24) is 4.72 Å². The molecule has 1 unspecified atom stereocenters. The maximum Gasteiger partial charge on any atom is -0.147 e. The van der Waals surface area contributed by atoms with Crippen LogP contribution < -0.4 is 14.0 Å². The molecule has 0 spiro atoms. The van der Waals surface area contributed by atoms with Gasteiger partial charge in [-0.15, -0.1) is 12.4 Å². The maximum absolute atomic E-state index is 11.1. The summed E-state index contributed by atoms with van der Waals surface area (Å²) in [5.74, 6) is 0. The molecular formula is C13H24AsClN2O2S. The molecule has 0 saturated carbocycles. The van der Waals surface area contributed by atoms with Crippen molar-refractivity contribution in [3.05, 3.63) is 23.8 Å². The van der Waals surface area contributed by atoms with Crippen LogP contribution in [-0.4, -0.2) is 51.2 Å². The van der Waals surface area contributed by atoms with Crippen molar-refractivity contribution in [2.24, 2.45) is 0 Å². The molecule has 0 fully saturated rings. The van der Waals surface area contributed by atoms with Crippen LogP contribution in [0.2, 0.25) is 0 Å². The fourth-order valence-electron chi connectivity index (χ4n) is 1.97. The molecule has 1 rings (SSSR count). The summed E-state index contributed by atoms with van der Waals surface area (Å²) in [6.07, 6.45) is 1.92. The summed E-state index contributed by atoms with van der Waals surface area (Å²) in [5, 5.41) is 0. The number of anilines is 1. The van der Waals surface area contributed by atoms with Gasteiger partial charge in [0.2, 0.25) is 0 Å². The molecule has 0 aliphatic heterocycles. The summed E-state index contributed by atoms with van der Waals surface area (Å²) in [4.78, 5) is 2.29. The number of rotatable bonds is 7. The minimum Gasteiger partial charge on any atom is -0.147 e. The van der Waals surface area contributed by atoms with Crippen LogP contribution in [0.4, 0.5) is 5.69 Å². The van der Waals surface area contributed by atoms with Crippen LogP contribution in [0, 0.1) is 0 Å². The molecule has 0 radical (unpaired) electrons. The fourth-order valence-corrected chi connectivity index (χ4v) is 3.12. The van der Waals surface area contributed by atoms with Gasteiger partial charge in [0.15, 0.2) is 0 Å². The predicted octanol–water partition coefficient (Wildman–Crippen LogP) is 0.305. The molecule has 1 N–H and O–H groups in total. The zero-order chi connectivity index (χ0) is 14.5. The van der Waals surface area contributed by atoms with Crippen molar-refractivity contribution < 1.29 is 8.42 Å². The Labute approximate surface area is 137 Å². The molecule has 7 heteroatoms. The Hall–Kier alpha value is -0.222. The average molecular weight is 383 g/mol. The Balaban J connectivity index is 0.00000361. The van der Waals surface area contributed by atoms with E-state index in [4.69, 9.17) is 0 Å². The molecule has 20 heavy (non-hydrogen) atoms. The van der Waals surface area contributed by atoms with E-state index in [9.17, 15) is 8.42 Å². The van der Waals surface area contributed by atoms with Crippen LogP contribution in [0.5, 0.6) is 0 Å². The van der Waals surface area contributed by atoms with E-state index < -0.39 is 10.0 Å². The van der Waals surface area contributed by atoms with E-state index in [1.54, 1.807) is 16.9 Å². The molecule has 0 bridgehead atoms. The third-order valence-corrected chi connectivity index (χ3v) is 4.92. The molecule has 1 aromatic rings. The molecule has 0 aromatic heterocycles. The van der Waals surface area contributed by atoms with Gasteiger partial charge in [-0.05, 0) is 0 Å². The summed E-state index contributed by atoms with van der Waals surface area (Å²) in [7, 11) is -3.10. The molecule has 1 atom stereocenters. The van der Waals surface area contributed by atoms with Crippen LogP contribution in [0.3, 0.4) is 0 Å². The number of sulfonamides is 1. The Bertz CT molecular complexity index is 519. The first-order chi connectivity index (χ1) is 8.87. The second-order valence-corrected chi connectivity index (χ2v) is 7.61. The van der Waals surface area contributed by atoms with Gasteiger partial charge >= 0.3 is 125 Å². The summed E-state index contributed by atoms with van der Waals surface area (Å²) in [6, 6.07) is 6.44. The zero-order valence-electron chi connectivity index (χ0n) is 12.2. The molecule has 0 aliphatic rings. The van der Waals surface area contributed by atoms with Crippen molar-refractivity contribution in [2.75, 3.05) is 30.8 Å². The van der Waals surface area contributed by atoms with Crippen LogP contribution in [0.25, 0.3) is 0 Å². The predicted molar refractivity (Wildman–Crippen MR) is 92.0 cm³/mol. The van der Waals surface area contributed by atoms with Crippen LogP contribution in [0.1, 0.15) is 19.4 Å². The molecule has 0 amide bonds. The average Bonchev–Trinajstić information content (AvgIpc) is 2.32. The van der Waals surface area contributed by atoms with Gasteiger partial charge in [-0.25, -0.2) is 0 Å². The van der Waals surface area contributed by atoms with Crippen molar-refractivity contribution >= 4 is 49.3 Å². The van der Waals surface area contributed by atoms with Gasteiger partial charge in [-0.2, -0.15) is 0 Å².